The van der Waals surface area contributed by atoms with Crippen molar-refractivity contribution >= 4 is 40.8 Å². The molecule has 0 bridgehead atoms. The van der Waals surface area contributed by atoms with Crippen molar-refractivity contribution in [3.8, 4) is 5.75 Å². The number of hydrogen-bond acceptors (Lipinski definition) is 5. The molecular weight excluding hydrogens is 398 g/mol. The first-order chi connectivity index (χ1) is 15.0. The number of hydrogen-bond donors (Lipinski definition) is 1. The van der Waals surface area contributed by atoms with E-state index >= 15 is 0 Å². The number of benzene rings is 1. The first-order valence-corrected chi connectivity index (χ1v) is 10.2. The molecule has 158 valence electrons. The zero-order chi connectivity index (χ0) is 21.5. The summed E-state index contributed by atoms with van der Waals surface area (Å²) in [6.07, 6.45) is 5.95. The molecule has 5 rings (SSSR count). The first kappa shape index (κ1) is 19.2. The summed E-state index contributed by atoms with van der Waals surface area (Å²) in [6.45, 7) is 0.906. The van der Waals surface area contributed by atoms with E-state index in [-0.39, 0.29) is 23.7 Å². The van der Waals surface area contributed by atoms with Crippen LogP contribution >= 0.6 is 0 Å². The molecule has 4 amide bonds. The molecule has 9 nitrogen and oxygen atoms in total. The van der Waals surface area contributed by atoms with E-state index < -0.39 is 11.9 Å². The Kier molecular flexibility index (Phi) is 4.65. The quantitative estimate of drug-likeness (QED) is 0.824. The molecule has 1 atom stereocenters. The Morgan fingerprint density at radius 3 is 2.77 bits per heavy atom. The van der Waals surface area contributed by atoms with Crippen molar-refractivity contribution in [3.05, 3.63) is 42.1 Å². The van der Waals surface area contributed by atoms with Gasteiger partial charge in [-0.15, -0.1) is 0 Å². The Morgan fingerprint density at radius 1 is 1.19 bits per heavy atom. The van der Waals surface area contributed by atoms with Crippen LogP contribution in [0.5, 0.6) is 5.75 Å². The predicted molar refractivity (Wildman–Crippen MR) is 115 cm³/mol. The highest BCUT2D eigenvalue weighted by Crippen LogP contribution is 2.27. The number of amides is 4. The molecule has 4 heterocycles. The van der Waals surface area contributed by atoms with Crippen LogP contribution in [0.3, 0.4) is 0 Å². The topological polar surface area (TPSA) is 107 Å². The average molecular weight is 419 g/mol. The predicted octanol–water partition coefficient (Wildman–Crippen LogP) is 2.40. The van der Waals surface area contributed by atoms with E-state index in [1.54, 1.807) is 24.2 Å². The number of rotatable bonds is 3. The summed E-state index contributed by atoms with van der Waals surface area (Å²) in [5.74, 6) is -0.0379. The van der Waals surface area contributed by atoms with Gasteiger partial charge >= 0.3 is 6.03 Å². The van der Waals surface area contributed by atoms with Gasteiger partial charge in [-0.3, -0.25) is 14.5 Å². The van der Waals surface area contributed by atoms with Crippen molar-refractivity contribution in [1.29, 1.82) is 0 Å². The number of H-pyrrole nitrogens is 1. The van der Waals surface area contributed by atoms with Gasteiger partial charge in [0.05, 0.1) is 7.11 Å². The number of fused-ring (bicyclic) bond motifs is 2. The minimum Gasteiger partial charge on any atom is -0.497 e. The van der Waals surface area contributed by atoms with Crippen LogP contribution in [0.1, 0.15) is 23.3 Å². The maximum atomic E-state index is 13.0. The molecule has 1 aromatic carbocycles. The number of imide groups is 1. The van der Waals surface area contributed by atoms with Gasteiger partial charge in [-0.25, -0.2) is 9.79 Å². The van der Waals surface area contributed by atoms with Crippen LogP contribution in [0.25, 0.3) is 10.9 Å². The fourth-order valence-corrected chi connectivity index (χ4v) is 4.32. The van der Waals surface area contributed by atoms with Crippen LogP contribution in [-0.2, 0) is 4.79 Å². The maximum absolute atomic E-state index is 13.0. The second kappa shape index (κ2) is 7.50. The van der Waals surface area contributed by atoms with Crippen molar-refractivity contribution in [2.24, 2.45) is 15.9 Å². The van der Waals surface area contributed by atoms with Gasteiger partial charge in [0.25, 0.3) is 5.91 Å². The second-order valence-corrected chi connectivity index (χ2v) is 7.76. The molecule has 1 aromatic heterocycles. The lowest BCUT2D eigenvalue weighted by Crippen LogP contribution is -2.54. The largest absolute Gasteiger partial charge is 0.497 e. The number of amidine groups is 1. The lowest BCUT2D eigenvalue weighted by atomic mass is 9.97. The first-order valence-electron chi connectivity index (χ1n) is 10.2. The Morgan fingerprint density at radius 2 is 2.00 bits per heavy atom. The number of piperidine rings is 1. The molecular formula is C22H21N5O4. The summed E-state index contributed by atoms with van der Waals surface area (Å²) in [5.41, 5.74) is 1.34. The standard InChI is InChI=1S/C22H21N5O4/c1-31-15-5-4-13-11-18(24-17(13)12-15)21(29)26-9-6-14(7-10-26)27-20(28)16-3-2-8-23-19(16)25-22(27)30/h2-5,8,11-12,14,16,24H,6-7,9-10H2,1H3. The maximum Gasteiger partial charge on any atom is 0.352 e. The highest BCUT2D eigenvalue weighted by molar-refractivity contribution is 6.19. The number of aliphatic imine (C=N–C) groups is 2. The van der Waals surface area contributed by atoms with E-state index in [0.717, 1.165) is 10.9 Å². The Balaban J connectivity index is 1.28. The number of aromatic amines is 1. The van der Waals surface area contributed by atoms with Crippen molar-refractivity contribution in [2.45, 2.75) is 18.9 Å². The SMILES string of the molecule is COc1ccc2cc(C(=O)N3CCC(N4C(=O)N=C5N=CC=CC5C4=O)CC3)[nH]c2c1. The summed E-state index contributed by atoms with van der Waals surface area (Å²) < 4.78 is 5.23. The van der Waals surface area contributed by atoms with E-state index in [4.69, 9.17) is 4.74 Å². The van der Waals surface area contributed by atoms with Gasteiger partial charge in [-0.05, 0) is 37.1 Å². The Labute approximate surface area is 178 Å². The van der Waals surface area contributed by atoms with E-state index in [2.05, 4.69) is 15.0 Å². The van der Waals surface area contributed by atoms with E-state index in [9.17, 15) is 14.4 Å². The van der Waals surface area contributed by atoms with Crippen molar-refractivity contribution in [1.82, 2.24) is 14.8 Å². The zero-order valence-corrected chi connectivity index (χ0v) is 16.9. The number of dihydropyridines is 1. The number of nitrogens with one attached hydrogen (secondary N) is 1. The normalized spacial score (nSPS) is 21.5. The molecule has 3 aliphatic heterocycles. The number of methoxy groups -OCH3 is 1. The Hall–Kier alpha value is -3.75. The summed E-state index contributed by atoms with van der Waals surface area (Å²) in [7, 11) is 1.60. The monoisotopic (exact) mass is 419 g/mol. The van der Waals surface area contributed by atoms with Gasteiger partial charge in [0.15, 0.2) is 0 Å². The number of urea groups is 1. The molecule has 0 saturated carbocycles. The molecule has 1 fully saturated rings. The lowest BCUT2D eigenvalue weighted by molar-refractivity contribution is -0.131. The third-order valence-electron chi connectivity index (χ3n) is 5.97. The molecule has 3 aliphatic rings. The summed E-state index contributed by atoms with van der Waals surface area (Å²) >= 11 is 0. The third kappa shape index (κ3) is 3.31. The molecule has 0 spiro atoms. The number of carbonyl (C=O) groups is 3. The molecule has 1 unspecified atom stereocenters. The molecule has 9 heteroatoms. The Bertz CT molecular complexity index is 1170. The third-order valence-corrected chi connectivity index (χ3v) is 5.97. The van der Waals surface area contributed by atoms with E-state index in [0.29, 0.717) is 37.4 Å². The average Bonchev–Trinajstić information content (AvgIpc) is 3.22. The number of likely N-dealkylation sites (tertiary alicyclic amines) is 1. The van der Waals surface area contributed by atoms with Crippen LogP contribution in [0.2, 0.25) is 0 Å². The lowest BCUT2D eigenvalue weighted by Gasteiger charge is -2.39. The second-order valence-electron chi connectivity index (χ2n) is 7.76. The fourth-order valence-electron chi connectivity index (χ4n) is 4.32. The minimum absolute atomic E-state index is 0.102. The molecule has 0 radical (unpaired) electrons. The van der Waals surface area contributed by atoms with Crippen molar-refractivity contribution in [2.75, 3.05) is 20.2 Å². The number of allylic oxidation sites excluding steroid dienone is 1. The highest BCUT2D eigenvalue weighted by Gasteiger charge is 2.41. The number of aromatic nitrogens is 1. The summed E-state index contributed by atoms with van der Waals surface area (Å²) in [6, 6.07) is 6.58. The van der Waals surface area contributed by atoms with Gasteiger partial charge in [-0.1, -0.05) is 6.08 Å². The van der Waals surface area contributed by atoms with Crippen molar-refractivity contribution in [3.63, 3.8) is 0 Å². The highest BCUT2D eigenvalue weighted by atomic mass is 16.5. The number of nitrogens with zero attached hydrogens (tertiary/aromatic N) is 4. The van der Waals surface area contributed by atoms with Crippen LogP contribution in [0.15, 0.2) is 46.4 Å². The molecule has 1 saturated heterocycles. The molecule has 1 N–H and O–H groups in total. The number of carbonyl (C=O) groups excluding carboxylic acids is 3. The minimum atomic E-state index is -0.606. The molecule has 2 aromatic rings. The van der Waals surface area contributed by atoms with Crippen molar-refractivity contribution < 1.29 is 19.1 Å². The van der Waals surface area contributed by atoms with Gasteiger partial charge in [0, 0.05) is 42.3 Å². The van der Waals surface area contributed by atoms with Crippen LogP contribution in [0, 0.1) is 5.92 Å². The summed E-state index contributed by atoms with van der Waals surface area (Å²) in [4.78, 5) is 52.5. The van der Waals surface area contributed by atoms with Gasteiger partial charge in [0.2, 0.25) is 5.91 Å². The van der Waals surface area contributed by atoms with E-state index in [1.807, 2.05) is 24.3 Å². The van der Waals surface area contributed by atoms with Crippen LogP contribution in [-0.4, -0.2) is 70.9 Å². The smallest absolute Gasteiger partial charge is 0.352 e. The zero-order valence-electron chi connectivity index (χ0n) is 16.9. The van der Waals surface area contributed by atoms with E-state index in [1.165, 1.54) is 11.1 Å². The molecule has 31 heavy (non-hydrogen) atoms. The fraction of sp³-hybridized carbons (Fsp3) is 0.318. The van der Waals surface area contributed by atoms with Gasteiger partial charge in [-0.2, -0.15) is 4.99 Å². The summed E-state index contributed by atoms with van der Waals surface area (Å²) in [5, 5.41) is 0.931. The number of ether oxygens (including phenoxy) is 1. The van der Waals surface area contributed by atoms with Crippen LogP contribution < -0.4 is 4.74 Å². The van der Waals surface area contributed by atoms with Crippen LogP contribution in [0.4, 0.5) is 4.79 Å². The van der Waals surface area contributed by atoms with Gasteiger partial charge in [0.1, 0.15) is 23.2 Å². The molecule has 0 aliphatic carbocycles. The van der Waals surface area contributed by atoms with Gasteiger partial charge < -0.3 is 14.6 Å².